The van der Waals surface area contributed by atoms with Crippen LogP contribution in [0.5, 0.6) is 0 Å². The van der Waals surface area contributed by atoms with Gasteiger partial charge in [-0.25, -0.2) is 4.79 Å². The van der Waals surface area contributed by atoms with Gasteiger partial charge in [-0.1, -0.05) is 45.4 Å². The summed E-state index contributed by atoms with van der Waals surface area (Å²) in [5.41, 5.74) is 0. The summed E-state index contributed by atoms with van der Waals surface area (Å²) in [6, 6.07) is 0. The van der Waals surface area contributed by atoms with E-state index < -0.39 is 12.1 Å². The van der Waals surface area contributed by atoms with E-state index >= 15 is 0 Å². The Hall–Kier alpha value is -0.570. The van der Waals surface area contributed by atoms with Gasteiger partial charge in [-0.3, -0.25) is 0 Å². The highest BCUT2D eigenvalue weighted by molar-refractivity contribution is 5.73. The molecule has 3 nitrogen and oxygen atoms in total. The second kappa shape index (κ2) is 9.97. The molecule has 0 radical (unpaired) electrons. The lowest BCUT2D eigenvalue weighted by molar-refractivity contribution is -0.152. The Morgan fingerprint density at radius 1 is 1.13 bits per heavy atom. The van der Waals surface area contributed by atoms with Crippen molar-refractivity contribution in [3.8, 4) is 0 Å². The summed E-state index contributed by atoms with van der Waals surface area (Å²) in [5.74, 6) is -0.513. The van der Waals surface area contributed by atoms with Crippen LogP contribution in [0.15, 0.2) is 0 Å². The number of aliphatic hydroxyl groups is 1. The minimum atomic E-state index is -0.991. The molecule has 0 heterocycles. The second-order valence-corrected chi connectivity index (χ2v) is 3.96. The number of esters is 1. The molecule has 15 heavy (non-hydrogen) atoms. The summed E-state index contributed by atoms with van der Waals surface area (Å²) in [6.45, 7) is 4.07. The molecule has 0 aromatic carbocycles. The van der Waals surface area contributed by atoms with Gasteiger partial charge in [0.1, 0.15) is 6.10 Å². The molecule has 3 heteroatoms. The number of rotatable bonds is 9. The molecule has 0 aliphatic rings. The van der Waals surface area contributed by atoms with Crippen molar-refractivity contribution >= 4 is 5.97 Å². The third-order valence-electron chi connectivity index (χ3n) is 2.33. The van der Waals surface area contributed by atoms with E-state index in [-0.39, 0.29) is 0 Å². The Balaban J connectivity index is 3.08. The van der Waals surface area contributed by atoms with Crippen molar-refractivity contribution in [3.05, 3.63) is 0 Å². The highest BCUT2D eigenvalue weighted by atomic mass is 16.5. The first kappa shape index (κ1) is 14.4. The van der Waals surface area contributed by atoms with Crippen LogP contribution >= 0.6 is 0 Å². The summed E-state index contributed by atoms with van der Waals surface area (Å²) >= 11 is 0. The van der Waals surface area contributed by atoms with Gasteiger partial charge in [-0.05, 0) is 13.3 Å². The number of carbonyl (C=O) groups is 1. The smallest absolute Gasteiger partial charge is 0.334 e. The lowest BCUT2D eigenvalue weighted by Gasteiger charge is -2.06. The van der Waals surface area contributed by atoms with Crippen molar-refractivity contribution in [2.75, 3.05) is 6.61 Å². The van der Waals surface area contributed by atoms with Crippen molar-refractivity contribution < 1.29 is 14.6 Å². The van der Waals surface area contributed by atoms with Crippen LogP contribution in [-0.4, -0.2) is 23.8 Å². The van der Waals surface area contributed by atoms with Crippen molar-refractivity contribution in [1.82, 2.24) is 0 Å². The van der Waals surface area contributed by atoms with Crippen molar-refractivity contribution in [2.45, 2.75) is 64.9 Å². The highest BCUT2D eigenvalue weighted by Gasteiger charge is 2.08. The molecule has 0 aromatic heterocycles. The summed E-state index contributed by atoms with van der Waals surface area (Å²) in [7, 11) is 0. The number of aliphatic hydroxyl groups excluding tert-OH is 1. The molecule has 0 fully saturated rings. The summed E-state index contributed by atoms with van der Waals surface area (Å²) < 4.78 is 4.84. The summed E-state index contributed by atoms with van der Waals surface area (Å²) in [4.78, 5) is 10.8. The molecule has 0 bridgehead atoms. The number of carbonyl (C=O) groups excluding carboxylic acids is 1. The molecule has 0 aliphatic carbocycles. The first-order valence-electron chi connectivity index (χ1n) is 6.03. The minimum Gasteiger partial charge on any atom is -0.464 e. The fourth-order valence-electron chi connectivity index (χ4n) is 1.35. The zero-order chi connectivity index (χ0) is 11.5. The van der Waals surface area contributed by atoms with Crippen LogP contribution in [0.2, 0.25) is 0 Å². The molecule has 0 saturated heterocycles. The van der Waals surface area contributed by atoms with E-state index in [0.29, 0.717) is 6.61 Å². The van der Waals surface area contributed by atoms with Crippen LogP contribution in [0.3, 0.4) is 0 Å². The van der Waals surface area contributed by atoms with Gasteiger partial charge in [0.2, 0.25) is 0 Å². The molecule has 0 unspecified atom stereocenters. The first-order chi connectivity index (χ1) is 7.18. The van der Waals surface area contributed by atoms with Crippen molar-refractivity contribution in [2.24, 2.45) is 0 Å². The molecule has 1 N–H and O–H groups in total. The van der Waals surface area contributed by atoms with Gasteiger partial charge in [0.25, 0.3) is 0 Å². The second-order valence-electron chi connectivity index (χ2n) is 3.96. The van der Waals surface area contributed by atoms with Crippen molar-refractivity contribution in [1.29, 1.82) is 0 Å². The average Bonchev–Trinajstić information content (AvgIpc) is 2.21. The molecule has 90 valence electrons. The molecular weight excluding hydrogens is 192 g/mol. The van der Waals surface area contributed by atoms with Gasteiger partial charge in [-0.2, -0.15) is 0 Å². The van der Waals surface area contributed by atoms with Crippen LogP contribution in [0, 0.1) is 0 Å². The Bertz CT molecular complexity index is 155. The maximum Gasteiger partial charge on any atom is 0.334 e. The van der Waals surface area contributed by atoms with E-state index in [1.165, 1.54) is 39.0 Å². The molecule has 0 aromatic rings. The predicted molar refractivity (Wildman–Crippen MR) is 60.6 cm³/mol. The zero-order valence-electron chi connectivity index (χ0n) is 10.00. The highest BCUT2D eigenvalue weighted by Crippen LogP contribution is 2.06. The van der Waals surface area contributed by atoms with Gasteiger partial charge >= 0.3 is 5.97 Å². The standard InChI is InChI=1S/C12H24O3/c1-3-4-5-6-7-8-9-10-15-12(14)11(2)13/h11,13H,3-10H2,1-2H3/t11-/m0/s1. The Kier molecular flexibility index (Phi) is 9.59. The molecule has 0 amide bonds. The van der Waals surface area contributed by atoms with Gasteiger partial charge in [0.15, 0.2) is 0 Å². The normalized spacial score (nSPS) is 12.5. The van der Waals surface area contributed by atoms with Gasteiger partial charge < -0.3 is 9.84 Å². The number of hydrogen-bond acceptors (Lipinski definition) is 3. The van der Waals surface area contributed by atoms with Gasteiger partial charge in [0.05, 0.1) is 6.61 Å². The number of ether oxygens (including phenoxy) is 1. The van der Waals surface area contributed by atoms with E-state index in [1.807, 2.05) is 0 Å². The summed E-state index contributed by atoms with van der Waals surface area (Å²) in [6.07, 6.45) is 7.41. The fourth-order valence-corrected chi connectivity index (χ4v) is 1.35. The lowest BCUT2D eigenvalue weighted by Crippen LogP contribution is -2.19. The van der Waals surface area contributed by atoms with Gasteiger partial charge in [0, 0.05) is 0 Å². The quantitative estimate of drug-likeness (QED) is 0.476. The fraction of sp³-hybridized carbons (Fsp3) is 0.917. The topological polar surface area (TPSA) is 46.5 Å². The molecule has 0 saturated carbocycles. The average molecular weight is 216 g/mol. The third kappa shape index (κ3) is 9.73. The van der Waals surface area contributed by atoms with E-state index in [4.69, 9.17) is 9.84 Å². The molecule has 1 atom stereocenters. The van der Waals surface area contributed by atoms with E-state index in [1.54, 1.807) is 0 Å². The van der Waals surface area contributed by atoms with Crippen LogP contribution in [-0.2, 0) is 9.53 Å². The largest absolute Gasteiger partial charge is 0.464 e. The van der Waals surface area contributed by atoms with Crippen LogP contribution in [0.1, 0.15) is 58.8 Å². The molecule has 0 rings (SSSR count). The Labute approximate surface area is 92.8 Å². The SMILES string of the molecule is CCCCCCCCCOC(=O)[C@H](C)O. The minimum absolute atomic E-state index is 0.442. The maximum absolute atomic E-state index is 10.8. The number of unbranched alkanes of at least 4 members (excludes halogenated alkanes) is 6. The Morgan fingerprint density at radius 3 is 2.20 bits per heavy atom. The van der Waals surface area contributed by atoms with Crippen LogP contribution in [0.25, 0.3) is 0 Å². The predicted octanol–water partition coefficient (Wildman–Crippen LogP) is 2.66. The number of hydrogen-bond donors (Lipinski definition) is 1. The monoisotopic (exact) mass is 216 g/mol. The zero-order valence-corrected chi connectivity index (χ0v) is 10.00. The molecule has 0 aliphatic heterocycles. The van der Waals surface area contributed by atoms with Crippen LogP contribution in [0.4, 0.5) is 0 Å². The van der Waals surface area contributed by atoms with Crippen LogP contribution < -0.4 is 0 Å². The first-order valence-corrected chi connectivity index (χ1v) is 6.03. The van der Waals surface area contributed by atoms with Crippen molar-refractivity contribution in [3.63, 3.8) is 0 Å². The third-order valence-corrected chi connectivity index (χ3v) is 2.33. The lowest BCUT2D eigenvalue weighted by atomic mass is 10.1. The maximum atomic E-state index is 10.8. The van der Waals surface area contributed by atoms with E-state index in [0.717, 1.165) is 12.8 Å². The Morgan fingerprint density at radius 2 is 1.67 bits per heavy atom. The van der Waals surface area contributed by atoms with Gasteiger partial charge in [-0.15, -0.1) is 0 Å². The molecule has 0 spiro atoms. The van der Waals surface area contributed by atoms with E-state index in [9.17, 15) is 4.79 Å². The molecular formula is C12H24O3. The van der Waals surface area contributed by atoms with E-state index in [2.05, 4.69) is 6.92 Å². The summed E-state index contributed by atoms with van der Waals surface area (Å²) in [5, 5.41) is 8.85.